The minimum Gasteiger partial charge on any atom is -0.443 e. The zero-order valence-corrected chi connectivity index (χ0v) is 13.3. The molecular formula is C17H13F3N4O2. The molecule has 0 unspecified atom stereocenters. The summed E-state index contributed by atoms with van der Waals surface area (Å²) in [4.78, 5) is 11.7. The van der Waals surface area contributed by atoms with Crippen molar-refractivity contribution in [3.8, 4) is 0 Å². The van der Waals surface area contributed by atoms with Gasteiger partial charge in [-0.15, -0.1) is 5.10 Å². The summed E-state index contributed by atoms with van der Waals surface area (Å²) < 4.78 is 45.6. The number of carbonyl (C=O) groups excluding carboxylic acids is 1. The third-order valence-electron chi connectivity index (χ3n) is 3.38. The van der Waals surface area contributed by atoms with E-state index in [1.807, 2.05) is 0 Å². The summed E-state index contributed by atoms with van der Waals surface area (Å²) in [5.74, 6) is -1.76. The maximum Gasteiger partial charge on any atom is 0.412 e. The summed E-state index contributed by atoms with van der Waals surface area (Å²) >= 11 is 0. The van der Waals surface area contributed by atoms with Gasteiger partial charge in [0, 0.05) is 17.3 Å². The van der Waals surface area contributed by atoms with E-state index < -0.39 is 23.5 Å². The van der Waals surface area contributed by atoms with Crippen molar-refractivity contribution in [2.75, 3.05) is 5.32 Å². The van der Waals surface area contributed by atoms with Gasteiger partial charge in [-0.2, -0.15) is 0 Å². The quantitative estimate of drug-likeness (QED) is 0.754. The number of rotatable bonds is 5. The second-order valence-electron chi connectivity index (χ2n) is 5.35. The zero-order valence-electron chi connectivity index (χ0n) is 13.3. The van der Waals surface area contributed by atoms with E-state index in [0.29, 0.717) is 11.4 Å². The van der Waals surface area contributed by atoms with E-state index in [9.17, 15) is 18.0 Å². The SMILES string of the molecule is O=C(Nc1ccc(F)cc1)OCc1cn(Cc2ccc(F)cc2F)nn1. The number of hydrogen-bond donors (Lipinski definition) is 1. The molecule has 134 valence electrons. The molecule has 1 aromatic heterocycles. The summed E-state index contributed by atoms with van der Waals surface area (Å²) in [7, 11) is 0. The number of anilines is 1. The molecule has 0 atom stereocenters. The standard InChI is InChI=1S/C17H13F3N4O2/c18-12-3-5-14(6-4-12)21-17(25)26-10-15-9-24(23-22-15)8-11-1-2-13(19)7-16(11)20/h1-7,9H,8,10H2,(H,21,25). The van der Waals surface area contributed by atoms with E-state index in [1.54, 1.807) is 0 Å². The number of carbonyl (C=O) groups is 1. The molecule has 0 saturated carbocycles. The van der Waals surface area contributed by atoms with E-state index in [-0.39, 0.29) is 18.7 Å². The molecule has 0 aliphatic rings. The van der Waals surface area contributed by atoms with Gasteiger partial charge in [0.05, 0.1) is 12.7 Å². The summed E-state index contributed by atoms with van der Waals surface area (Å²) in [6.45, 7) is -0.0974. The number of benzene rings is 2. The monoisotopic (exact) mass is 362 g/mol. The lowest BCUT2D eigenvalue weighted by atomic mass is 10.2. The highest BCUT2D eigenvalue weighted by molar-refractivity contribution is 5.84. The molecule has 0 aliphatic heterocycles. The van der Waals surface area contributed by atoms with E-state index in [4.69, 9.17) is 4.74 Å². The van der Waals surface area contributed by atoms with E-state index in [1.165, 1.54) is 41.2 Å². The predicted octanol–water partition coefficient (Wildman–Crippen LogP) is 3.49. The van der Waals surface area contributed by atoms with Crippen LogP contribution < -0.4 is 5.32 Å². The molecule has 0 bridgehead atoms. The maximum atomic E-state index is 13.6. The van der Waals surface area contributed by atoms with Gasteiger partial charge in [-0.3, -0.25) is 5.32 Å². The van der Waals surface area contributed by atoms with Crippen molar-refractivity contribution in [3.63, 3.8) is 0 Å². The van der Waals surface area contributed by atoms with Gasteiger partial charge in [0.1, 0.15) is 29.8 Å². The molecule has 1 N–H and O–H groups in total. The van der Waals surface area contributed by atoms with Crippen LogP contribution in [0.4, 0.5) is 23.7 Å². The molecule has 26 heavy (non-hydrogen) atoms. The van der Waals surface area contributed by atoms with Crippen LogP contribution >= 0.6 is 0 Å². The fourth-order valence-electron chi connectivity index (χ4n) is 2.13. The van der Waals surface area contributed by atoms with Crippen LogP contribution in [0.5, 0.6) is 0 Å². The Kier molecular flexibility index (Phi) is 5.16. The van der Waals surface area contributed by atoms with Crippen molar-refractivity contribution in [3.05, 3.63) is 77.4 Å². The molecule has 1 amide bonds. The maximum absolute atomic E-state index is 13.6. The smallest absolute Gasteiger partial charge is 0.412 e. The second kappa shape index (κ2) is 7.68. The topological polar surface area (TPSA) is 69.0 Å². The zero-order chi connectivity index (χ0) is 18.5. The molecule has 2 aromatic carbocycles. The summed E-state index contributed by atoms with van der Waals surface area (Å²) in [6, 6.07) is 8.45. The van der Waals surface area contributed by atoms with Crippen LogP contribution in [0.2, 0.25) is 0 Å². The molecule has 0 radical (unpaired) electrons. The number of nitrogens with zero attached hydrogens (tertiary/aromatic N) is 3. The van der Waals surface area contributed by atoms with Crippen LogP contribution in [0.15, 0.2) is 48.7 Å². The molecule has 0 spiro atoms. The fraction of sp³-hybridized carbons (Fsp3) is 0.118. The normalized spacial score (nSPS) is 10.6. The molecule has 0 fully saturated rings. The van der Waals surface area contributed by atoms with Crippen LogP contribution in [-0.4, -0.2) is 21.1 Å². The first-order chi connectivity index (χ1) is 12.5. The molecule has 9 heteroatoms. The Morgan fingerprint density at radius 2 is 1.81 bits per heavy atom. The third-order valence-corrected chi connectivity index (χ3v) is 3.38. The Morgan fingerprint density at radius 1 is 1.08 bits per heavy atom. The van der Waals surface area contributed by atoms with Crippen LogP contribution in [0.3, 0.4) is 0 Å². The number of nitrogens with one attached hydrogen (secondary N) is 1. The predicted molar refractivity (Wildman–Crippen MR) is 85.7 cm³/mol. The minimum absolute atomic E-state index is 0.0564. The van der Waals surface area contributed by atoms with Gasteiger partial charge in [-0.25, -0.2) is 22.6 Å². The van der Waals surface area contributed by atoms with Crippen molar-refractivity contribution < 1.29 is 22.7 Å². The minimum atomic E-state index is -0.740. The first kappa shape index (κ1) is 17.5. The Bertz CT molecular complexity index is 913. The Morgan fingerprint density at radius 3 is 2.54 bits per heavy atom. The van der Waals surface area contributed by atoms with Gasteiger partial charge in [-0.1, -0.05) is 11.3 Å². The van der Waals surface area contributed by atoms with Gasteiger partial charge >= 0.3 is 6.09 Å². The highest BCUT2D eigenvalue weighted by Gasteiger charge is 2.09. The summed E-state index contributed by atoms with van der Waals surface area (Å²) in [5.41, 5.74) is 0.978. The van der Waals surface area contributed by atoms with Crippen LogP contribution in [-0.2, 0) is 17.9 Å². The van der Waals surface area contributed by atoms with E-state index >= 15 is 0 Å². The number of amides is 1. The summed E-state index contributed by atoms with van der Waals surface area (Å²) in [5, 5.41) is 10.0. The van der Waals surface area contributed by atoms with Crippen molar-refractivity contribution in [1.82, 2.24) is 15.0 Å². The van der Waals surface area contributed by atoms with E-state index in [0.717, 1.165) is 12.1 Å². The van der Waals surface area contributed by atoms with Gasteiger partial charge in [0.25, 0.3) is 0 Å². The van der Waals surface area contributed by atoms with Crippen molar-refractivity contribution in [2.45, 2.75) is 13.2 Å². The van der Waals surface area contributed by atoms with Gasteiger partial charge in [0.15, 0.2) is 0 Å². The number of halogens is 3. The Balaban J connectivity index is 1.53. The van der Waals surface area contributed by atoms with Crippen molar-refractivity contribution >= 4 is 11.8 Å². The largest absolute Gasteiger partial charge is 0.443 e. The van der Waals surface area contributed by atoms with Crippen LogP contribution in [0.25, 0.3) is 0 Å². The average Bonchev–Trinajstić information content (AvgIpc) is 3.05. The van der Waals surface area contributed by atoms with Gasteiger partial charge in [-0.05, 0) is 30.3 Å². The number of ether oxygens (including phenoxy) is 1. The molecule has 0 aliphatic carbocycles. The molecule has 3 aromatic rings. The highest BCUT2D eigenvalue weighted by atomic mass is 19.1. The molecule has 3 rings (SSSR count). The van der Waals surface area contributed by atoms with Crippen molar-refractivity contribution in [1.29, 1.82) is 0 Å². The first-order valence-electron chi connectivity index (χ1n) is 7.52. The molecule has 6 nitrogen and oxygen atoms in total. The molecule has 1 heterocycles. The number of aromatic nitrogens is 3. The fourth-order valence-corrected chi connectivity index (χ4v) is 2.13. The average molecular weight is 362 g/mol. The van der Waals surface area contributed by atoms with Crippen LogP contribution in [0, 0.1) is 17.5 Å². The lowest BCUT2D eigenvalue weighted by Crippen LogP contribution is -2.13. The second-order valence-corrected chi connectivity index (χ2v) is 5.35. The van der Waals surface area contributed by atoms with Gasteiger partial charge < -0.3 is 4.74 Å². The summed E-state index contributed by atoms with van der Waals surface area (Å²) in [6.07, 6.45) is 0.740. The van der Waals surface area contributed by atoms with Crippen LogP contribution in [0.1, 0.15) is 11.3 Å². The Labute approximate surface area is 146 Å². The third kappa shape index (κ3) is 4.59. The van der Waals surface area contributed by atoms with Gasteiger partial charge in [0.2, 0.25) is 0 Å². The molecule has 0 saturated heterocycles. The lowest BCUT2D eigenvalue weighted by Gasteiger charge is -2.05. The first-order valence-corrected chi connectivity index (χ1v) is 7.52. The van der Waals surface area contributed by atoms with Crippen molar-refractivity contribution in [2.24, 2.45) is 0 Å². The highest BCUT2D eigenvalue weighted by Crippen LogP contribution is 2.12. The Hall–Kier alpha value is -3.36. The van der Waals surface area contributed by atoms with E-state index in [2.05, 4.69) is 15.6 Å². The lowest BCUT2D eigenvalue weighted by molar-refractivity contribution is 0.153. The number of hydrogen-bond acceptors (Lipinski definition) is 4. The molecular weight excluding hydrogens is 349 g/mol.